The van der Waals surface area contributed by atoms with Crippen molar-refractivity contribution in [3.63, 3.8) is 0 Å². The molecule has 1 rings (SSSR count). The first kappa shape index (κ1) is 16.1. The van der Waals surface area contributed by atoms with Crippen molar-refractivity contribution in [3.8, 4) is 0 Å². The van der Waals surface area contributed by atoms with Crippen LogP contribution in [0.2, 0.25) is 0 Å². The van der Waals surface area contributed by atoms with Gasteiger partial charge in [0.2, 0.25) is 0 Å². The zero-order valence-corrected chi connectivity index (χ0v) is 12.7. The molecule has 1 aromatic carbocycles. The average Bonchev–Trinajstić information content (AvgIpc) is 2.35. The van der Waals surface area contributed by atoms with Crippen LogP contribution >= 0.6 is 0 Å². The fourth-order valence-corrected chi connectivity index (χ4v) is 2.82. The fourth-order valence-electron chi connectivity index (χ4n) is 1.70. The smallest absolute Gasteiger partial charge is 0.281 e. The molecule has 19 heavy (non-hydrogen) atoms. The number of nitrogens with zero attached hydrogens (tertiary/aromatic N) is 2. The average molecular weight is 286 g/mol. The van der Waals surface area contributed by atoms with E-state index in [0.29, 0.717) is 6.54 Å². The lowest BCUT2D eigenvalue weighted by Gasteiger charge is -2.26. The second-order valence-electron chi connectivity index (χ2n) is 4.67. The van der Waals surface area contributed by atoms with Crippen LogP contribution in [0, 0.1) is 6.92 Å². The zero-order valence-electron chi connectivity index (χ0n) is 11.9. The molecular weight excluding hydrogens is 264 g/mol. The Labute approximate surface area is 115 Å². The van der Waals surface area contributed by atoms with Gasteiger partial charge in [-0.2, -0.15) is 17.0 Å². The molecule has 1 aromatic rings. The number of benzene rings is 1. The molecule has 0 aliphatic heterocycles. The van der Waals surface area contributed by atoms with Crippen molar-refractivity contribution in [2.75, 3.05) is 27.2 Å². The Morgan fingerprint density at radius 3 is 2.16 bits per heavy atom. The van der Waals surface area contributed by atoms with E-state index in [0.717, 1.165) is 15.4 Å². The summed E-state index contributed by atoms with van der Waals surface area (Å²) < 4.78 is 26.5. The van der Waals surface area contributed by atoms with Gasteiger partial charge in [-0.15, -0.1) is 0 Å². The minimum absolute atomic E-state index is 0.0556. The predicted molar refractivity (Wildman–Crippen MR) is 76.0 cm³/mol. The summed E-state index contributed by atoms with van der Waals surface area (Å²) in [6, 6.07) is 7.43. The first-order chi connectivity index (χ1) is 8.78. The van der Waals surface area contributed by atoms with Gasteiger partial charge in [-0.25, -0.2) is 0 Å². The van der Waals surface area contributed by atoms with Crippen LogP contribution in [-0.4, -0.2) is 49.3 Å². The van der Waals surface area contributed by atoms with E-state index in [1.807, 2.05) is 31.2 Å². The molecular formula is C13H22N2O3S. The Morgan fingerprint density at radius 1 is 1.21 bits per heavy atom. The summed E-state index contributed by atoms with van der Waals surface area (Å²) in [5, 5.41) is 10.1. The molecule has 0 aliphatic carbocycles. The molecule has 5 nitrogen and oxygen atoms in total. The quantitative estimate of drug-likeness (QED) is 0.853. The number of rotatable bonds is 6. The van der Waals surface area contributed by atoms with Crippen LogP contribution in [-0.2, 0) is 10.2 Å². The topological polar surface area (TPSA) is 60.9 Å². The van der Waals surface area contributed by atoms with Crippen LogP contribution in [0.1, 0.15) is 24.2 Å². The van der Waals surface area contributed by atoms with Gasteiger partial charge in [-0.1, -0.05) is 36.8 Å². The molecule has 6 heteroatoms. The van der Waals surface area contributed by atoms with E-state index in [2.05, 4.69) is 0 Å². The maximum Gasteiger partial charge on any atom is 0.281 e. The second kappa shape index (κ2) is 6.47. The van der Waals surface area contributed by atoms with Crippen LogP contribution < -0.4 is 0 Å². The standard InChI is InChI=1S/C13H22N2O3S/c1-5-15(19(17,18)14(3)4)10-13(16)12-8-6-11(2)7-9-12/h6-9,13,16H,5,10H2,1-4H3. The Morgan fingerprint density at radius 2 is 1.74 bits per heavy atom. The molecule has 0 radical (unpaired) electrons. The molecule has 0 saturated carbocycles. The molecule has 1 unspecified atom stereocenters. The number of hydrogen-bond acceptors (Lipinski definition) is 3. The Kier molecular flexibility index (Phi) is 5.49. The summed E-state index contributed by atoms with van der Waals surface area (Å²) in [4.78, 5) is 0. The van der Waals surface area contributed by atoms with Gasteiger partial charge in [0.05, 0.1) is 6.10 Å². The van der Waals surface area contributed by atoms with Crippen LogP contribution in [0.15, 0.2) is 24.3 Å². The van der Waals surface area contributed by atoms with Crippen molar-refractivity contribution >= 4 is 10.2 Å². The van der Waals surface area contributed by atoms with Gasteiger partial charge in [-0.3, -0.25) is 0 Å². The number of likely N-dealkylation sites (N-methyl/N-ethyl adjacent to an activating group) is 1. The maximum absolute atomic E-state index is 12.0. The predicted octanol–water partition coefficient (Wildman–Crippen LogP) is 1.16. The molecule has 0 amide bonds. The van der Waals surface area contributed by atoms with E-state index in [-0.39, 0.29) is 6.54 Å². The Balaban J connectivity index is 2.85. The van der Waals surface area contributed by atoms with E-state index in [1.54, 1.807) is 6.92 Å². The molecule has 1 atom stereocenters. The monoisotopic (exact) mass is 286 g/mol. The van der Waals surface area contributed by atoms with Crippen molar-refractivity contribution in [1.82, 2.24) is 8.61 Å². The molecule has 0 aliphatic rings. The third-order valence-corrected chi connectivity index (χ3v) is 4.96. The Bertz CT molecular complexity index is 497. The minimum Gasteiger partial charge on any atom is -0.387 e. The molecule has 0 aromatic heterocycles. The number of hydrogen-bond donors (Lipinski definition) is 1. The second-order valence-corrected chi connectivity index (χ2v) is 6.81. The SMILES string of the molecule is CCN(CC(O)c1ccc(C)cc1)S(=O)(=O)N(C)C. The van der Waals surface area contributed by atoms with Crippen LogP contribution in [0.25, 0.3) is 0 Å². The van der Waals surface area contributed by atoms with Gasteiger partial charge in [0, 0.05) is 27.2 Å². The lowest BCUT2D eigenvalue weighted by Crippen LogP contribution is -2.42. The van der Waals surface area contributed by atoms with E-state index < -0.39 is 16.3 Å². The molecule has 1 N–H and O–H groups in total. The zero-order chi connectivity index (χ0) is 14.6. The molecule has 108 valence electrons. The summed E-state index contributed by atoms with van der Waals surface area (Å²) in [7, 11) is -0.529. The van der Waals surface area contributed by atoms with Crippen molar-refractivity contribution < 1.29 is 13.5 Å². The van der Waals surface area contributed by atoms with Crippen LogP contribution in [0.3, 0.4) is 0 Å². The van der Waals surface area contributed by atoms with Gasteiger partial charge >= 0.3 is 0 Å². The highest BCUT2D eigenvalue weighted by Crippen LogP contribution is 2.17. The third-order valence-electron chi connectivity index (χ3n) is 2.98. The van der Waals surface area contributed by atoms with E-state index in [9.17, 15) is 13.5 Å². The van der Waals surface area contributed by atoms with Crippen molar-refractivity contribution in [2.45, 2.75) is 20.0 Å². The number of aryl methyl sites for hydroxylation is 1. The van der Waals surface area contributed by atoms with Gasteiger partial charge in [0.25, 0.3) is 10.2 Å². The highest BCUT2D eigenvalue weighted by atomic mass is 32.2. The molecule has 0 saturated heterocycles. The number of aliphatic hydroxyl groups is 1. The molecule has 0 heterocycles. The van der Waals surface area contributed by atoms with Crippen LogP contribution in [0.5, 0.6) is 0 Å². The highest BCUT2D eigenvalue weighted by Gasteiger charge is 2.25. The molecule has 0 fully saturated rings. The van der Waals surface area contributed by atoms with E-state index in [1.165, 1.54) is 18.4 Å². The highest BCUT2D eigenvalue weighted by molar-refractivity contribution is 7.86. The minimum atomic E-state index is -3.49. The van der Waals surface area contributed by atoms with Gasteiger partial charge in [0.15, 0.2) is 0 Å². The molecule has 0 bridgehead atoms. The third kappa shape index (κ3) is 4.01. The summed E-state index contributed by atoms with van der Waals surface area (Å²) in [6.45, 7) is 4.09. The van der Waals surface area contributed by atoms with Crippen molar-refractivity contribution in [2.24, 2.45) is 0 Å². The van der Waals surface area contributed by atoms with Gasteiger partial charge in [0.1, 0.15) is 0 Å². The maximum atomic E-state index is 12.0. The fraction of sp³-hybridized carbons (Fsp3) is 0.538. The van der Waals surface area contributed by atoms with Crippen molar-refractivity contribution in [1.29, 1.82) is 0 Å². The lowest BCUT2D eigenvalue weighted by atomic mass is 10.1. The summed E-state index contributed by atoms with van der Waals surface area (Å²) in [6.07, 6.45) is -0.824. The van der Waals surface area contributed by atoms with Crippen LogP contribution in [0.4, 0.5) is 0 Å². The van der Waals surface area contributed by atoms with Gasteiger partial charge < -0.3 is 5.11 Å². The largest absolute Gasteiger partial charge is 0.387 e. The molecule has 0 spiro atoms. The van der Waals surface area contributed by atoms with E-state index in [4.69, 9.17) is 0 Å². The van der Waals surface area contributed by atoms with Crippen molar-refractivity contribution in [3.05, 3.63) is 35.4 Å². The Hall–Kier alpha value is -0.950. The van der Waals surface area contributed by atoms with Gasteiger partial charge in [-0.05, 0) is 12.5 Å². The summed E-state index contributed by atoms with van der Waals surface area (Å²) >= 11 is 0. The number of aliphatic hydroxyl groups excluding tert-OH is 1. The summed E-state index contributed by atoms with van der Waals surface area (Å²) in [5.74, 6) is 0. The summed E-state index contributed by atoms with van der Waals surface area (Å²) in [5.41, 5.74) is 1.82. The first-order valence-corrected chi connectivity index (χ1v) is 7.61. The normalized spacial score (nSPS) is 14.1. The first-order valence-electron chi connectivity index (χ1n) is 6.21. The van der Waals surface area contributed by atoms with E-state index >= 15 is 0 Å². The lowest BCUT2D eigenvalue weighted by molar-refractivity contribution is 0.147.